The van der Waals surface area contributed by atoms with Gasteiger partial charge in [-0.2, -0.15) is 74.6 Å². The molecule has 2 aliphatic rings. The molecule has 10 nitrogen and oxygen atoms in total. The smallest absolute Gasteiger partial charge is 0.460 e. The summed E-state index contributed by atoms with van der Waals surface area (Å²) in [6.07, 6.45) is -9.18. The monoisotopic (exact) mass is 990 g/mol. The van der Waals surface area contributed by atoms with Crippen LogP contribution in [-0.4, -0.2) is 126 Å². The fraction of sp³-hybridized carbons (Fsp3) is 0.525. The number of carbonyl (C=O) groups excluding carboxylic acids is 3. The lowest BCUT2D eigenvalue weighted by atomic mass is 9.54. The minimum atomic E-state index is -8.71. The number of Topliss-reactive ketones (excluding diaryl/α,β-unsaturated/α-hetero) is 1. The van der Waals surface area contributed by atoms with Crippen LogP contribution in [0.1, 0.15) is 41.9 Å². The van der Waals surface area contributed by atoms with Crippen molar-refractivity contribution in [1.29, 1.82) is 0 Å². The van der Waals surface area contributed by atoms with Crippen LogP contribution in [0.15, 0.2) is 73.1 Å². The number of methoxy groups -OCH3 is 2. The number of benzene rings is 1. The van der Waals surface area contributed by atoms with Gasteiger partial charge in [0.15, 0.2) is 16.6 Å². The Morgan fingerprint density at radius 1 is 0.627 bits per heavy atom. The van der Waals surface area contributed by atoms with E-state index < -0.39 is 108 Å². The Morgan fingerprint density at radius 2 is 1.04 bits per heavy atom. The lowest BCUT2D eigenvalue weighted by Gasteiger charge is -2.60. The Bertz CT molecular complexity index is 2190. The van der Waals surface area contributed by atoms with E-state index in [0.717, 1.165) is 26.4 Å². The molecule has 0 aliphatic carbocycles. The number of hydrogen-bond acceptors (Lipinski definition) is 10. The van der Waals surface area contributed by atoms with E-state index in [1.807, 2.05) is 0 Å². The maximum absolute atomic E-state index is 15.1. The fourth-order valence-corrected chi connectivity index (χ4v) is 8.37. The number of aromatic nitrogens is 2. The van der Waals surface area contributed by atoms with Crippen molar-refractivity contribution >= 4 is 17.7 Å². The van der Waals surface area contributed by atoms with Gasteiger partial charge in [-0.05, 0) is 55.4 Å². The molecule has 5 rings (SSSR count). The number of esters is 2. The van der Waals surface area contributed by atoms with Crippen LogP contribution < -0.4 is 4.74 Å². The predicted molar refractivity (Wildman–Crippen MR) is 193 cm³/mol. The molecule has 370 valence electrons. The highest BCUT2D eigenvalue weighted by Crippen LogP contribution is 2.65. The molecule has 0 radical (unpaired) electrons. The first-order valence-electron chi connectivity index (χ1n) is 19.1. The average Bonchev–Trinajstić information content (AvgIpc) is 3.26. The number of hydrogen-bond donors (Lipinski definition) is 0. The number of nitrogens with zero attached hydrogens (tertiary/aromatic N) is 4. The summed E-state index contributed by atoms with van der Waals surface area (Å²) in [5.74, 6) is -60.2. The Hall–Kier alpha value is -5.34. The Labute approximate surface area is 367 Å². The topological polar surface area (TPSA) is 111 Å². The summed E-state index contributed by atoms with van der Waals surface area (Å²) >= 11 is 0. The molecule has 2 aliphatic heterocycles. The first-order chi connectivity index (χ1) is 30.7. The van der Waals surface area contributed by atoms with Gasteiger partial charge in [0.25, 0.3) is 0 Å². The van der Waals surface area contributed by atoms with Crippen LogP contribution in [0.2, 0.25) is 0 Å². The van der Waals surface area contributed by atoms with Crippen LogP contribution in [0.3, 0.4) is 0 Å². The molecule has 0 amide bonds. The molecule has 2 saturated heterocycles. The van der Waals surface area contributed by atoms with E-state index >= 15 is 4.79 Å². The number of fused-ring (bicyclic) bond motifs is 2. The zero-order valence-electron chi connectivity index (χ0n) is 34.5. The van der Waals surface area contributed by atoms with Gasteiger partial charge >= 0.3 is 59.6 Å². The van der Waals surface area contributed by atoms with Gasteiger partial charge in [-0.25, -0.2) is 0 Å². The van der Waals surface area contributed by atoms with Crippen molar-refractivity contribution in [3.05, 3.63) is 90.0 Å². The normalized spacial score (nSPS) is 22.9. The third kappa shape index (κ3) is 7.99. The Kier molecular flexibility index (Phi) is 13.8. The van der Waals surface area contributed by atoms with Crippen molar-refractivity contribution < 1.29 is 103 Å². The molecule has 4 atom stereocenters. The number of carbonyl (C=O) groups is 3. The Morgan fingerprint density at radius 3 is 1.43 bits per heavy atom. The number of likely N-dealkylation sites (tertiary alicyclic amines) is 2. The van der Waals surface area contributed by atoms with Gasteiger partial charge in [-0.1, -0.05) is 24.3 Å². The van der Waals surface area contributed by atoms with Crippen LogP contribution in [0.4, 0.5) is 74.6 Å². The van der Waals surface area contributed by atoms with E-state index in [9.17, 15) is 84.2 Å². The number of alkyl halides is 17. The SMILES string of the molecule is COC(=O)C12CN(Cc3ccc(OCCCC(F)(F)C(F)(F)C(F)(F)C(F)(F)C(F)(F)C(F)(F)C(F)(F)C(F)(F)F)cc3)CC(C(=O)OC)(C1=O)C(c1ccccn1)N(C)C2c1ccccn1. The number of rotatable bonds is 17. The maximum Gasteiger partial charge on any atom is 0.460 e. The Balaban J connectivity index is 1.36. The number of pyridine rings is 2. The highest BCUT2D eigenvalue weighted by Gasteiger charge is 2.95. The summed E-state index contributed by atoms with van der Waals surface area (Å²) in [7, 11) is 3.63. The molecule has 0 spiro atoms. The largest absolute Gasteiger partial charge is 0.494 e. The maximum atomic E-state index is 15.1. The van der Waals surface area contributed by atoms with Crippen LogP contribution in [0.25, 0.3) is 0 Å². The van der Waals surface area contributed by atoms with Gasteiger partial charge in [0.05, 0.1) is 44.3 Å². The molecule has 2 bridgehead atoms. The third-order valence-corrected chi connectivity index (χ3v) is 11.6. The molecule has 4 heterocycles. The van der Waals surface area contributed by atoms with Crippen molar-refractivity contribution in [2.24, 2.45) is 10.8 Å². The van der Waals surface area contributed by atoms with Gasteiger partial charge in [0.2, 0.25) is 0 Å². The van der Waals surface area contributed by atoms with E-state index in [1.54, 1.807) is 53.2 Å². The summed E-state index contributed by atoms with van der Waals surface area (Å²) in [6, 6.07) is 12.0. The summed E-state index contributed by atoms with van der Waals surface area (Å²) in [4.78, 5) is 55.2. The van der Waals surface area contributed by atoms with E-state index in [4.69, 9.17) is 14.2 Å². The molecule has 0 N–H and O–H groups in total. The average molecular weight is 991 g/mol. The van der Waals surface area contributed by atoms with E-state index in [1.165, 1.54) is 24.5 Å². The van der Waals surface area contributed by atoms with Gasteiger partial charge in [0.1, 0.15) is 5.75 Å². The van der Waals surface area contributed by atoms with Crippen molar-refractivity contribution in [2.45, 2.75) is 79.1 Å². The summed E-state index contributed by atoms with van der Waals surface area (Å²) in [6.45, 7) is -2.11. The molecule has 2 fully saturated rings. The third-order valence-electron chi connectivity index (χ3n) is 11.6. The predicted octanol–water partition coefficient (Wildman–Crippen LogP) is 8.78. The highest BCUT2D eigenvalue weighted by atomic mass is 19.4. The number of ether oxygens (including phenoxy) is 3. The molecule has 0 saturated carbocycles. The molecule has 1 aromatic carbocycles. The standard InChI is InChI=1S/C40H35F17N4O6/c1-60-26(24-9-4-6-16-58-24)31(29(63)65-2)20-61(21-32(28(31)62,30(64)66-3)27(60)25-10-5-7-17-59-25)19-22-11-13-23(14-12-22)67-18-8-15-33(41,42)34(43,44)35(45,46)36(47,48)37(49,50)38(51,52)39(53,54)40(55,56)57/h4-7,9-14,16-17,26-27H,8,15,18-21H2,1-3H3. The molecule has 4 unspecified atom stereocenters. The minimum Gasteiger partial charge on any atom is -0.494 e. The number of ketones is 1. The lowest BCUT2D eigenvalue weighted by molar-refractivity contribution is -0.461. The first kappa shape index (κ1) is 52.6. The quantitative estimate of drug-likeness (QED) is 0.0564. The van der Waals surface area contributed by atoms with Crippen LogP contribution in [0, 0.1) is 10.8 Å². The van der Waals surface area contributed by atoms with E-state index in [2.05, 4.69) is 9.97 Å². The molecular formula is C40H35F17N4O6. The van der Waals surface area contributed by atoms with Gasteiger partial charge in [-0.15, -0.1) is 0 Å². The number of piperidine rings is 2. The molecular weight excluding hydrogens is 955 g/mol. The van der Waals surface area contributed by atoms with Crippen molar-refractivity contribution in [1.82, 2.24) is 19.8 Å². The second-order valence-electron chi connectivity index (χ2n) is 15.6. The fourth-order valence-electron chi connectivity index (χ4n) is 8.37. The van der Waals surface area contributed by atoms with Crippen molar-refractivity contribution in [2.75, 3.05) is 41.0 Å². The first-order valence-corrected chi connectivity index (χ1v) is 19.1. The molecule has 27 heteroatoms. The lowest BCUT2D eigenvalue weighted by Crippen LogP contribution is -2.75. The zero-order valence-corrected chi connectivity index (χ0v) is 34.5. The number of halogens is 17. The van der Waals surface area contributed by atoms with E-state index in [-0.39, 0.29) is 36.8 Å². The van der Waals surface area contributed by atoms with Gasteiger partial charge in [0, 0.05) is 38.4 Å². The zero-order chi connectivity index (χ0) is 50.6. The molecule has 3 aromatic rings. The highest BCUT2D eigenvalue weighted by molar-refractivity contribution is 6.17. The van der Waals surface area contributed by atoms with Crippen molar-refractivity contribution in [3.8, 4) is 5.75 Å². The van der Waals surface area contributed by atoms with Crippen LogP contribution >= 0.6 is 0 Å². The van der Waals surface area contributed by atoms with E-state index in [0.29, 0.717) is 5.56 Å². The summed E-state index contributed by atoms with van der Waals surface area (Å²) in [5.41, 5.74) is -3.52. The van der Waals surface area contributed by atoms with Crippen LogP contribution in [0.5, 0.6) is 5.75 Å². The van der Waals surface area contributed by atoms with Crippen molar-refractivity contribution in [3.63, 3.8) is 0 Å². The summed E-state index contributed by atoms with van der Waals surface area (Å²) in [5, 5.41) is 0. The van der Waals surface area contributed by atoms with Gasteiger partial charge < -0.3 is 14.2 Å². The summed E-state index contributed by atoms with van der Waals surface area (Å²) < 4.78 is 247. The molecule has 67 heavy (non-hydrogen) atoms. The minimum absolute atomic E-state index is 0.169. The second kappa shape index (κ2) is 17.6. The second-order valence-corrected chi connectivity index (χ2v) is 15.6. The van der Waals surface area contributed by atoms with Gasteiger partial charge in [-0.3, -0.25) is 34.2 Å². The molecule has 2 aromatic heterocycles. The van der Waals surface area contributed by atoms with Crippen LogP contribution in [-0.2, 0) is 30.4 Å².